The molecule has 1 fully saturated rings. The van der Waals surface area contributed by atoms with Crippen LogP contribution in [0.15, 0.2) is 48.5 Å². The Morgan fingerprint density at radius 1 is 0.882 bits per heavy atom. The molecule has 0 atom stereocenters. The number of hydrogen-bond donors (Lipinski definition) is 1. The molecule has 1 saturated heterocycles. The highest BCUT2D eigenvalue weighted by molar-refractivity contribution is 6.30. The van der Waals surface area contributed by atoms with Crippen molar-refractivity contribution in [1.29, 1.82) is 0 Å². The van der Waals surface area contributed by atoms with E-state index in [9.17, 15) is 9.59 Å². The van der Waals surface area contributed by atoms with E-state index in [0.29, 0.717) is 36.5 Å². The molecule has 3 aromatic rings. The Bertz CT molecular complexity index is 1160. The number of aromatic nitrogens is 3. The third kappa shape index (κ3) is 4.85. The number of hydrogen-bond acceptors (Lipinski definition) is 4. The Labute approximate surface area is 204 Å². The predicted molar refractivity (Wildman–Crippen MR) is 132 cm³/mol. The Balaban J connectivity index is 1.17. The van der Waals surface area contributed by atoms with Crippen molar-refractivity contribution >= 4 is 29.1 Å². The van der Waals surface area contributed by atoms with Gasteiger partial charge in [0, 0.05) is 53.8 Å². The van der Waals surface area contributed by atoms with Crippen molar-refractivity contribution < 1.29 is 9.59 Å². The summed E-state index contributed by atoms with van der Waals surface area (Å²) in [6.07, 6.45) is 5.81. The van der Waals surface area contributed by atoms with Crippen LogP contribution in [0.3, 0.4) is 0 Å². The van der Waals surface area contributed by atoms with Gasteiger partial charge in [0.15, 0.2) is 5.82 Å². The summed E-state index contributed by atoms with van der Waals surface area (Å²) in [6, 6.07) is 14.7. The molecule has 34 heavy (non-hydrogen) atoms. The number of nitrogens with one attached hydrogen (secondary N) is 1. The van der Waals surface area contributed by atoms with Gasteiger partial charge >= 0.3 is 0 Å². The van der Waals surface area contributed by atoms with Crippen molar-refractivity contribution in [2.24, 2.45) is 5.92 Å². The van der Waals surface area contributed by atoms with Gasteiger partial charge in [0.25, 0.3) is 5.91 Å². The Morgan fingerprint density at radius 3 is 2.35 bits per heavy atom. The van der Waals surface area contributed by atoms with E-state index in [1.165, 1.54) is 6.42 Å². The Morgan fingerprint density at radius 2 is 1.62 bits per heavy atom. The Kier molecular flexibility index (Phi) is 6.63. The maximum atomic E-state index is 12.8. The van der Waals surface area contributed by atoms with Gasteiger partial charge in [-0.15, -0.1) is 10.2 Å². The van der Waals surface area contributed by atoms with Crippen LogP contribution >= 0.6 is 11.6 Å². The van der Waals surface area contributed by atoms with Gasteiger partial charge in [-0.1, -0.05) is 18.0 Å². The summed E-state index contributed by atoms with van der Waals surface area (Å²) >= 11 is 5.91. The van der Waals surface area contributed by atoms with Crippen LogP contribution in [0, 0.1) is 5.92 Å². The molecule has 2 aliphatic rings. The quantitative estimate of drug-likeness (QED) is 0.584. The number of piperidine rings is 1. The van der Waals surface area contributed by atoms with Gasteiger partial charge in [-0.05, 0) is 74.2 Å². The molecule has 176 valence electrons. The van der Waals surface area contributed by atoms with Gasteiger partial charge in [-0.2, -0.15) is 0 Å². The van der Waals surface area contributed by atoms with Gasteiger partial charge in [-0.3, -0.25) is 9.59 Å². The summed E-state index contributed by atoms with van der Waals surface area (Å²) in [5.74, 6) is 1.83. The molecule has 0 bridgehead atoms. The standard InChI is InChI=1S/C26H28ClN5O2/c27-21-9-5-20(6-10-21)26(34)31-16-13-19(14-17-31)25(33)28-22-11-7-18(8-12-22)24-30-29-23-4-2-1-3-15-32(23)24/h5-12,19H,1-4,13-17H2,(H,28,33). The molecule has 0 spiro atoms. The lowest BCUT2D eigenvalue weighted by molar-refractivity contribution is -0.121. The number of anilines is 1. The summed E-state index contributed by atoms with van der Waals surface area (Å²) in [5.41, 5.74) is 2.40. The average Bonchev–Trinajstić information content (AvgIpc) is 3.12. The summed E-state index contributed by atoms with van der Waals surface area (Å²) in [6.45, 7) is 2.09. The second kappa shape index (κ2) is 9.97. The van der Waals surface area contributed by atoms with Gasteiger partial charge in [-0.25, -0.2) is 0 Å². The summed E-state index contributed by atoms with van der Waals surface area (Å²) in [4.78, 5) is 27.3. The number of nitrogens with zero attached hydrogens (tertiary/aromatic N) is 4. The van der Waals surface area contributed by atoms with Crippen LogP contribution in [0.5, 0.6) is 0 Å². The number of likely N-dealkylation sites (tertiary alicyclic amines) is 1. The SMILES string of the molecule is O=C(Nc1ccc(-c2nnc3n2CCCCC3)cc1)C1CCN(C(=O)c2ccc(Cl)cc2)CC1. The minimum absolute atomic E-state index is 0.00249. The van der Waals surface area contributed by atoms with E-state index in [2.05, 4.69) is 20.1 Å². The number of carbonyl (C=O) groups excluding carboxylic acids is 2. The number of benzene rings is 2. The Hall–Kier alpha value is -3.19. The van der Waals surface area contributed by atoms with Gasteiger partial charge in [0.1, 0.15) is 5.82 Å². The second-order valence-electron chi connectivity index (χ2n) is 9.04. The molecular weight excluding hydrogens is 450 g/mol. The van der Waals surface area contributed by atoms with Crippen LogP contribution in [0.2, 0.25) is 5.02 Å². The number of aryl methyl sites for hydroxylation is 1. The maximum Gasteiger partial charge on any atom is 0.253 e. The van der Waals surface area contributed by atoms with Crippen molar-refractivity contribution in [3.05, 3.63) is 64.9 Å². The molecule has 7 nitrogen and oxygen atoms in total. The molecule has 0 saturated carbocycles. The van der Waals surface area contributed by atoms with E-state index in [1.54, 1.807) is 24.3 Å². The second-order valence-corrected chi connectivity index (χ2v) is 9.48. The average molecular weight is 478 g/mol. The fraction of sp³-hybridized carbons (Fsp3) is 0.385. The highest BCUT2D eigenvalue weighted by Crippen LogP contribution is 2.25. The largest absolute Gasteiger partial charge is 0.339 e. The van der Waals surface area contributed by atoms with Gasteiger partial charge < -0.3 is 14.8 Å². The molecule has 0 unspecified atom stereocenters. The van der Waals surface area contributed by atoms with Crippen molar-refractivity contribution in [3.63, 3.8) is 0 Å². The van der Waals surface area contributed by atoms with Crippen molar-refractivity contribution in [2.45, 2.75) is 45.1 Å². The van der Waals surface area contributed by atoms with Crippen molar-refractivity contribution in [1.82, 2.24) is 19.7 Å². The first kappa shape index (κ1) is 22.6. The molecule has 2 amide bonds. The van der Waals surface area contributed by atoms with Crippen LogP contribution in [0.1, 0.15) is 48.3 Å². The predicted octanol–water partition coefficient (Wildman–Crippen LogP) is 4.82. The topological polar surface area (TPSA) is 80.1 Å². The lowest BCUT2D eigenvalue weighted by atomic mass is 9.95. The molecule has 2 aliphatic heterocycles. The lowest BCUT2D eigenvalue weighted by Crippen LogP contribution is -2.41. The lowest BCUT2D eigenvalue weighted by Gasteiger charge is -2.31. The van der Waals surface area contributed by atoms with E-state index >= 15 is 0 Å². The minimum Gasteiger partial charge on any atom is -0.339 e. The molecule has 0 aliphatic carbocycles. The third-order valence-electron chi connectivity index (χ3n) is 6.76. The summed E-state index contributed by atoms with van der Waals surface area (Å²) in [7, 11) is 0. The van der Waals surface area contributed by atoms with Crippen LogP contribution in [-0.4, -0.2) is 44.6 Å². The molecule has 1 aromatic heterocycles. The minimum atomic E-state index is -0.110. The van der Waals surface area contributed by atoms with E-state index in [4.69, 9.17) is 11.6 Å². The van der Waals surface area contributed by atoms with Crippen LogP contribution in [0.25, 0.3) is 11.4 Å². The third-order valence-corrected chi connectivity index (χ3v) is 7.02. The van der Waals surface area contributed by atoms with Gasteiger partial charge in [0.05, 0.1) is 0 Å². The maximum absolute atomic E-state index is 12.8. The molecular formula is C26H28ClN5O2. The van der Waals surface area contributed by atoms with Crippen molar-refractivity contribution in [2.75, 3.05) is 18.4 Å². The summed E-state index contributed by atoms with van der Waals surface area (Å²) < 4.78 is 2.22. The smallest absolute Gasteiger partial charge is 0.253 e. The zero-order valence-electron chi connectivity index (χ0n) is 19.0. The first-order valence-corrected chi connectivity index (χ1v) is 12.3. The fourth-order valence-electron chi connectivity index (χ4n) is 4.77. The van der Waals surface area contributed by atoms with Crippen LogP contribution < -0.4 is 5.32 Å². The molecule has 5 rings (SSSR count). The first-order chi connectivity index (χ1) is 16.6. The zero-order chi connectivity index (χ0) is 23.5. The number of amides is 2. The molecule has 0 radical (unpaired) electrons. The number of fused-ring (bicyclic) bond motifs is 1. The number of halogens is 1. The highest BCUT2D eigenvalue weighted by Gasteiger charge is 2.28. The van der Waals surface area contributed by atoms with E-state index < -0.39 is 0 Å². The van der Waals surface area contributed by atoms with Gasteiger partial charge in [0.2, 0.25) is 5.91 Å². The van der Waals surface area contributed by atoms with E-state index in [0.717, 1.165) is 48.7 Å². The van der Waals surface area contributed by atoms with E-state index in [1.807, 2.05) is 29.2 Å². The normalized spacial score (nSPS) is 16.6. The monoisotopic (exact) mass is 477 g/mol. The molecule has 2 aromatic carbocycles. The summed E-state index contributed by atoms with van der Waals surface area (Å²) in [5, 5.41) is 12.4. The van der Waals surface area contributed by atoms with Crippen LogP contribution in [-0.2, 0) is 17.8 Å². The number of carbonyl (C=O) groups is 2. The zero-order valence-corrected chi connectivity index (χ0v) is 19.8. The first-order valence-electron chi connectivity index (χ1n) is 12.0. The van der Waals surface area contributed by atoms with E-state index in [-0.39, 0.29) is 17.7 Å². The van der Waals surface area contributed by atoms with Crippen molar-refractivity contribution in [3.8, 4) is 11.4 Å². The molecule has 1 N–H and O–H groups in total. The highest BCUT2D eigenvalue weighted by atomic mass is 35.5. The molecule has 8 heteroatoms. The molecule has 3 heterocycles. The number of rotatable bonds is 4. The van der Waals surface area contributed by atoms with Crippen LogP contribution in [0.4, 0.5) is 5.69 Å². The fourth-order valence-corrected chi connectivity index (χ4v) is 4.89.